The lowest BCUT2D eigenvalue weighted by Gasteiger charge is -2.25. The van der Waals surface area contributed by atoms with Crippen LogP contribution in [0.1, 0.15) is 45.1 Å². The fourth-order valence-corrected chi connectivity index (χ4v) is 2.82. The van der Waals surface area contributed by atoms with Gasteiger partial charge in [-0.2, -0.15) is 5.10 Å². The average molecular weight is 284 g/mol. The third-order valence-corrected chi connectivity index (χ3v) is 4.97. The first-order chi connectivity index (χ1) is 8.77. The van der Waals surface area contributed by atoms with Crippen LogP contribution in [0.15, 0.2) is 6.07 Å². The third-order valence-electron chi connectivity index (χ3n) is 3.29. The van der Waals surface area contributed by atoms with Crippen molar-refractivity contribution in [3.8, 4) is 0 Å². The highest BCUT2D eigenvalue weighted by Gasteiger charge is 2.29. The molecular formula is C13H24N4OS. The van der Waals surface area contributed by atoms with Crippen molar-refractivity contribution in [1.29, 1.82) is 0 Å². The van der Waals surface area contributed by atoms with Gasteiger partial charge in [0.15, 0.2) is 0 Å². The van der Waals surface area contributed by atoms with E-state index in [2.05, 4.69) is 32.5 Å². The van der Waals surface area contributed by atoms with Gasteiger partial charge in [0.1, 0.15) is 4.75 Å². The van der Waals surface area contributed by atoms with Crippen LogP contribution >= 0.6 is 0 Å². The minimum Gasteiger partial charge on any atom is -0.598 e. The molecule has 0 radical (unpaired) electrons. The first-order valence-corrected chi connectivity index (χ1v) is 7.85. The average Bonchev–Trinajstić information content (AvgIpc) is 2.70. The summed E-state index contributed by atoms with van der Waals surface area (Å²) in [6, 6.07) is 2.12. The predicted octanol–water partition coefficient (Wildman–Crippen LogP) is 1.44. The molecule has 5 nitrogen and oxygen atoms in total. The molecule has 0 unspecified atom stereocenters. The van der Waals surface area contributed by atoms with Crippen molar-refractivity contribution >= 4 is 11.4 Å². The molecule has 0 spiro atoms. The molecule has 0 saturated carbocycles. The van der Waals surface area contributed by atoms with Gasteiger partial charge in [0.05, 0.1) is 24.0 Å². The van der Waals surface area contributed by atoms with Crippen LogP contribution in [0.4, 0.5) is 0 Å². The van der Waals surface area contributed by atoms with Crippen molar-refractivity contribution in [2.45, 2.75) is 51.6 Å². The standard InChI is InChI=1S/C13H24N4OS/c1-10(15-19(18)13(2,3)4)12-8-11-9-16(5)6-7-17(11)14-12/h8,10,15H,6-7,9H2,1-5H3/t10-,19+/m0/s1. The number of aromatic nitrogens is 2. The summed E-state index contributed by atoms with van der Waals surface area (Å²) >= 11 is -1.07. The van der Waals surface area contributed by atoms with E-state index in [-0.39, 0.29) is 10.8 Å². The molecule has 0 saturated heterocycles. The quantitative estimate of drug-likeness (QED) is 0.853. The van der Waals surface area contributed by atoms with Crippen molar-refractivity contribution in [2.75, 3.05) is 13.6 Å². The zero-order valence-corrected chi connectivity index (χ0v) is 13.3. The fraction of sp³-hybridized carbons (Fsp3) is 0.769. The number of rotatable bonds is 3. The van der Waals surface area contributed by atoms with Crippen molar-refractivity contribution in [3.63, 3.8) is 0 Å². The summed E-state index contributed by atoms with van der Waals surface area (Å²) in [5.74, 6) is 0. The smallest absolute Gasteiger partial charge is 0.136 e. The van der Waals surface area contributed by atoms with Gasteiger partial charge in [0, 0.05) is 24.5 Å². The fourth-order valence-electron chi connectivity index (χ4n) is 2.03. The summed E-state index contributed by atoms with van der Waals surface area (Å²) in [5.41, 5.74) is 2.21. The summed E-state index contributed by atoms with van der Waals surface area (Å²) in [5, 5.41) is 4.61. The summed E-state index contributed by atoms with van der Waals surface area (Å²) in [4.78, 5) is 2.28. The molecule has 2 atom stereocenters. The SMILES string of the molecule is C[C@H](N[S@+]([O-])C(C)(C)C)c1cc2n(n1)CCN(C)C2. The van der Waals surface area contributed by atoms with Gasteiger partial charge in [-0.05, 0) is 40.8 Å². The molecule has 0 bridgehead atoms. The topological polar surface area (TPSA) is 56.1 Å². The van der Waals surface area contributed by atoms with Crippen LogP contribution in [0, 0.1) is 0 Å². The van der Waals surface area contributed by atoms with Crippen LogP contribution in [-0.4, -0.2) is 37.6 Å². The van der Waals surface area contributed by atoms with Gasteiger partial charge >= 0.3 is 0 Å². The maximum atomic E-state index is 12.1. The molecule has 1 aromatic heterocycles. The summed E-state index contributed by atoms with van der Waals surface area (Å²) in [6.07, 6.45) is 0. The minimum absolute atomic E-state index is 0.00321. The molecule has 0 aromatic carbocycles. The number of likely N-dealkylation sites (N-methyl/N-ethyl adjacent to an activating group) is 1. The first-order valence-electron chi connectivity index (χ1n) is 6.70. The Balaban J connectivity index is 2.06. The molecule has 1 N–H and O–H groups in total. The van der Waals surface area contributed by atoms with E-state index >= 15 is 0 Å². The molecule has 1 aliphatic heterocycles. The summed E-state index contributed by atoms with van der Waals surface area (Å²) < 4.78 is 17.0. The Kier molecular flexibility index (Phi) is 4.25. The van der Waals surface area contributed by atoms with Crippen molar-refractivity contribution in [2.24, 2.45) is 0 Å². The molecule has 1 aliphatic rings. The lowest BCUT2D eigenvalue weighted by molar-refractivity contribution is 0.258. The van der Waals surface area contributed by atoms with E-state index in [1.807, 2.05) is 27.7 Å². The lowest BCUT2D eigenvalue weighted by Crippen LogP contribution is -2.40. The van der Waals surface area contributed by atoms with E-state index in [1.54, 1.807) is 0 Å². The molecule has 19 heavy (non-hydrogen) atoms. The minimum atomic E-state index is -1.07. The Labute approximate surface area is 118 Å². The zero-order chi connectivity index (χ0) is 14.2. The molecular weight excluding hydrogens is 260 g/mol. The van der Waals surface area contributed by atoms with Gasteiger partial charge in [-0.15, -0.1) is 4.72 Å². The van der Waals surface area contributed by atoms with Gasteiger partial charge in [-0.25, -0.2) is 0 Å². The molecule has 6 heteroatoms. The summed E-state index contributed by atoms with van der Waals surface area (Å²) in [6.45, 7) is 10.8. The van der Waals surface area contributed by atoms with Crippen LogP contribution in [0.25, 0.3) is 0 Å². The van der Waals surface area contributed by atoms with Crippen molar-refractivity contribution < 1.29 is 4.55 Å². The Morgan fingerprint density at radius 3 is 2.74 bits per heavy atom. The number of hydrogen-bond donors (Lipinski definition) is 1. The van der Waals surface area contributed by atoms with E-state index in [0.29, 0.717) is 0 Å². The Bertz CT molecular complexity index is 440. The maximum absolute atomic E-state index is 12.1. The number of nitrogens with zero attached hydrogens (tertiary/aromatic N) is 3. The Morgan fingerprint density at radius 1 is 1.42 bits per heavy atom. The Morgan fingerprint density at radius 2 is 2.11 bits per heavy atom. The number of hydrogen-bond acceptors (Lipinski definition) is 4. The monoisotopic (exact) mass is 284 g/mol. The second kappa shape index (κ2) is 5.44. The number of nitrogens with one attached hydrogen (secondary N) is 1. The van der Waals surface area contributed by atoms with E-state index in [4.69, 9.17) is 0 Å². The van der Waals surface area contributed by atoms with Gasteiger partial charge in [-0.1, -0.05) is 0 Å². The third kappa shape index (κ3) is 3.51. The normalized spacial score (nSPS) is 20.1. The molecule has 2 rings (SSSR count). The van der Waals surface area contributed by atoms with Crippen LogP contribution in [-0.2, 0) is 24.5 Å². The highest BCUT2D eigenvalue weighted by Crippen LogP contribution is 2.21. The van der Waals surface area contributed by atoms with Gasteiger partial charge < -0.3 is 4.55 Å². The Hall–Kier alpha value is -0.560. The van der Waals surface area contributed by atoms with E-state index in [9.17, 15) is 4.55 Å². The highest BCUT2D eigenvalue weighted by atomic mass is 32.2. The lowest BCUT2D eigenvalue weighted by atomic mass is 10.2. The van der Waals surface area contributed by atoms with Crippen molar-refractivity contribution in [1.82, 2.24) is 19.4 Å². The van der Waals surface area contributed by atoms with Crippen LogP contribution in [0.5, 0.6) is 0 Å². The second-order valence-electron chi connectivity index (χ2n) is 6.24. The number of fused-ring (bicyclic) bond motifs is 1. The van der Waals surface area contributed by atoms with E-state index in [0.717, 1.165) is 25.3 Å². The second-order valence-corrected chi connectivity index (χ2v) is 8.24. The van der Waals surface area contributed by atoms with Crippen LogP contribution in [0.2, 0.25) is 0 Å². The van der Waals surface area contributed by atoms with Crippen molar-refractivity contribution in [3.05, 3.63) is 17.5 Å². The van der Waals surface area contributed by atoms with Gasteiger partial charge in [-0.3, -0.25) is 9.58 Å². The first kappa shape index (κ1) is 14.8. The van der Waals surface area contributed by atoms with Crippen LogP contribution in [0.3, 0.4) is 0 Å². The predicted molar refractivity (Wildman–Crippen MR) is 78.0 cm³/mol. The van der Waals surface area contributed by atoms with E-state index < -0.39 is 11.4 Å². The highest BCUT2D eigenvalue weighted by molar-refractivity contribution is 7.90. The maximum Gasteiger partial charge on any atom is 0.136 e. The van der Waals surface area contributed by atoms with Gasteiger partial charge in [0.2, 0.25) is 0 Å². The zero-order valence-electron chi connectivity index (χ0n) is 12.4. The molecule has 0 amide bonds. The largest absolute Gasteiger partial charge is 0.598 e. The molecule has 1 aromatic rings. The molecule has 2 heterocycles. The van der Waals surface area contributed by atoms with Crippen LogP contribution < -0.4 is 4.72 Å². The van der Waals surface area contributed by atoms with E-state index in [1.165, 1.54) is 5.69 Å². The molecule has 0 fully saturated rings. The molecule has 108 valence electrons. The molecule has 0 aliphatic carbocycles. The van der Waals surface area contributed by atoms with Gasteiger partial charge in [0.25, 0.3) is 0 Å². The summed E-state index contributed by atoms with van der Waals surface area (Å²) in [7, 11) is 2.12.